The summed E-state index contributed by atoms with van der Waals surface area (Å²) in [6.45, 7) is 3.62. The molecule has 2 aromatic carbocycles. The molecule has 0 saturated carbocycles. The molecule has 0 fully saturated rings. The molecule has 114 valence electrons. The van der Waals surface area contributed by atoms with Crippen molar-refractivity contribution in [2.45, 2.75) is 26.1 Å². The second kappa shape index (κ2) is 6.15. The van der Waals surface area contributed by atoms with Crippen molar-refractivity contribution in [2.24, 2.45) is 0 Å². The Balaban J connectivity index is 2.65. The van der Waals surface area contributed by atoms with E-state index in [9.17, 15) is 13.2 Å². The highest BCUT2D eigenvalue weighted by Gasteiger charge is 2.33. The van der Waals surface area contributed by atoms with Gasteiger partial charge in [-0.05, 0) is 43.7 Å². The summed E-state index contributed by atoms with van der Waals surface area (Å²) in [5, 5.41) is 0. The highest BCUT2D eigenvalue weighted by molar-refractivity contribution is 5.75. The summed E-state index contributed by atoms with van der Waals surface area (Å²) in [6.07, 6.45) is 0.742. The first kappa shape index (κ1) is 16.0. The van der Waals surface area contributed by atoms with Crippen LogP contribution in [-0.4, -0.2) is 6.10 Å². The molecule has 0 aliphatic carbocycles. The SMILES string of the molecule is C#Cc1ccc(-c2ccccc2C(F)(F)F)c(OC(C)C)c1. The number of hydrogen-bond acceptors (Lipinski definition) is 1. The minimum atomic E-state index is -4.43. The zero-order valence-electron chi connectivity index (χ0n) is 12.2. The molecule has 0 aliphatic rings. The average molecular weight is 304 g/mol. The molecule has 2 rings (SSSR count). The van der Waals surface area contributed by atoms with Gasteiger partial charge in [-0.15, -0.1) is 6.42 Å². The molecule has 0 saturated heterocycles. The summed E-state index contributed by atoms with van der Waals surface area (Å²) in [6, 6.07) is 10.2. The number of benzene rings is 2. The third kappa shape index (κ3) is 3.43. The van der Waals surface area contributed by atoms with Gasteiger partial charge in [0.15, 0.2) is 0 Å². The predicted octanol–water partition coefficient (Wildman–Crippen LogP) is 5.14. The van der Waals surface area contributed by atoms with Crippen molar-refractivity contribution in [3.05, 3.63) is 53.6 Å². The first-order valence-electron chi connectivity index (χ1n) is 6.77. The molecule has 0 bridgehead atoms. The summed E-state index contributed by atoms with van der Waals surface area (Å²) in [5.74, 6) is 2.81. The monoisotopic (exact) mass is 304 g/mol. The number of halogens is 3. The van der Waals surface area contributed by atoms with Crippen LogP contribution in [0.3, 0.4) is 0 Å². The smallest absolute Gasteiger partial charge is 0.417 e. The van der Waals surface area contributed by atoms with E-state index in [0.29, 0.717) is 16.9 Å². The van der Waals surface area contributed by atoms with Crippen molar-refractivity contribution in [1.82, 2.24) is 0 Å². The van der Waals surface area contributed by atoms with E-state index in [4.69, 9.17) is 11.2 Å². The fourth-order valence-electron chi connectivity index (χ4n) is 2.15. The molecule has 0 N–H and O–H groups in total. The Kier molecular flexibility index (Phi) is 4.46. The highest BCUT2D eigenvalue weighted by Crippen LogP contribution is 2.40. The topological polar surface area (TPSA) is 9.23 Å². The second-order valence-electron chi connectivity index (χ2n) is 5.07. The van der Waals surface area contributed by atoms with Crippen LogP contribution in [0.1, 0.15) is 25.0 Å². The first-order chi connectivity index (χ1) is 10.3. The van der Waals surface area contributed by atoms with Crippen LogP contribution in [-0.2, 0) is 6.18 Å². The lowest BCUT2D eigenvalue weighted by Crippen LogP contribution is -2.09. The lowest BCUT2D eigenvalue weighted by atomic mass is 9.97. The maximum Gasteiger partial charge on any atom is 0.417 e. The van der Waals surface area contributed by atoms with Crippen LogP contribution in [0.15, 0.2) is 42.5 Å². The van der Waals surface area contributed by atoms with Gasteiger partial charge in [-0.2, -0.15) is 13.2 Å². The molecule has 0 radical (unpaired) electrons. The maximum atomic E-state index is 13.2. The highest BCUT2D eigenvalue weighted by atomic mass is 19.4. The van der Waals surface area contributed by atoms with E-state index in [0.717, 1.165) is 6.07 Å². The van der Waals surface area contributed by atoms with E-state index in [1.165, 1.54) is 12.1 Å². The average Bonchev–Trinajstić information content (AvgIpc) is 2.45. The normalized spacial score (nSPS) is 11.3. The van der Waals surface area contributed by atoms with E-state index in [2.05, 4.69) is 5.92 Å². The van der Waals surface area contributed by atoms with Crippen molar-refractivity contribution in [2.75, 3.05) is 0 Å². The Morgan fingerprint density at radius 3 is 2.32 bits per heavy atom. The Bertz CT molecular complexity index is 709. The molecule has 0 spiro atoms. The van der Waals surface area contributed by atoms with Crippen molar-refractivity contribution < 1.29 is 17.9 Å². The molecule has 0 amide bonds. The van der Waals surface area contributed by atoms with Crippen molar-refractivity contribution in [3.63, 3.8) is 0 Å². The Morgan fingerprint density at radius 1 is 1.05 bits per heavy atom. The molecule has 4 heteroatoms. The predicted molar refractivity (Wildman–Crippen MR) is 80.6 cm³/mol. The zero-order chi connectivity index (χ0) is 16.3. The molecular weight excluding hydrogens is 289 g/mol. The van der Waals surface area contributed by atoms with Crippen molar-refractivity contribution >= 4 is 0 Å². The van der Waals surface area contributed by atoms with Gasteiger partial charge in [0.25, 0.3) is 0 Å². The van der Waals surface area contributed by atoms with Crippen LogP contribution in [0, 0.1) is 12.3 Å². The molecule has 2 aromatic rings. The van der Waals surface area contributed by atoms with Gasteiger partial charge in [-0.25, -0.2) is 0 Å². The Morgan fingerprint density at radius 2 is 1.73 bits per heavy atom. The van der Waals surface area contributed by atoms with Gasteiger partial charge in [-0.3, -0.25) is 0 Å². The van der Waals surface area contributed by atoms with E-state index in [-0.39, 0.29) is 11.7 Å². The molecule has 22 heavy (non-hydrogen) atoms. The van der Waals surface area contributed by atoms with Crippen LogP contribution in [0.5, 0.6) is 5.75 Å². The summed E-state index contributed by atoms with van der Waals surface area (Å²) >= 11 is 0. The first-order valence-corrected chi connectivity index (χ1v) is 6.77. The van der Waals surface area contributed by atoms with Crippen LogP contribution in [0.25, 0.3) is 11.1 Å². The number of alkyl halides is 3. The molecule has 1 nitrogen and oxygen atoms in total. The molecule has 0 aliphatic heterocycles. The molecule has 0 heterocycles. The summed E-state index contributed by atoms with van der Waals surface area (Å²) < 4.78 is 45.2. The number of rotatable bonds is 3. The van der Waals surface area contributed by atoms with E-state index < -0.39 is 11.7 Å². The van der Waals surface area contributed by atoms with E-state index in [1.54, 1.807) is 24.3 Å². The largest absolute Gasteiger partial charge is 0.490 e. The quantitative estimate of drug-likeness (QED) is 0.713. The van der Waals surface area contributed by atoms with Crippen LogP contribution in [0.4, 0.5) is 13.2 Å². The Labute approximate surface area is 127 Å². The van der Waals surface area contributed by atoms with Gasteiger partial charge in [0.05, 0.1) is 11.7 Å². The third-order valence-electron chi connectivity index (χ3n) is 3.03. The number of terminal acetylenes is 1. The lowest BCUT2D eigenvalue weighted by Gasteiger charge is -2.18. The van der Waals surface area contributed by atoms with Crippen molar-refractivity contribution in [3.8, 4) is 29.2 Å². The van der Waals surface area contributed by atoms with Crippen molar-refractivity contribution in [1.29, 1.82) is 0 Å². The van der Waals surface area contributed by atoms with E-state index >= 15 is 0 Å². The second-order valence-corrected chi connectivity index (χ2v) is 5.07. The third-order valence-corrected chi connectivity index (χ3v) is 3.03. The maximum absolute atomic E-state index is 13.2. The van der Waals surface area contributed by atoms with Gasteiger partial charge >= 0.3 is 6.18 Å². The minimum Gasteiger partial charge on any atom is -0.490 e. The van der Waals surface area contributed by atoms with Gasteiger partial charge in [0.1, 0.15) is 5.75 Å². The summed E-state index contributed by atoms with van der Waals surface area (Å²) in [7, 11) is 0. The van der Waals surface area contributed by atoms with Gasteiger partial charge in [0.2, 0.25) is 0 Å². The standard InChI is InChI=1S/C18H15F3O/c1-4-13-9-10-15(17(11-13)22-12(2)3)14-7-5-6-8-16(14)18(19,20)21/h1,5-12H,2-3H3. The molecule has 0 atom stereocenters. The van der Waals surface area contributed by atoms with Crippen LogP contribution in [0.2, 0.25) is 0 Å². The summed E-state index contributed by atoms with van der Waals surface area (Å²) in [5.41, 5.74) is 0.316. The summed E-state index contributed by atoms with van der Waals surface area (Å²) in [4.78, 5) is 0. The molecular formula is C18H15F3O. The minimum absolute atomic E-state index is 0.0780. The molecule has 0 unspecified atom stereocenters. The number of hydrogen-bond donors (Lipinski definition) is 0. The molecule has 0 aromatic heterocycles. The fourth-order valence-corrected chi connectivity index (χ4v) is 2.15. The zero-order valence-corrected chi connectivity index (χ0v) is 12.2. The van der Waals surface area contributed by atoms with Crippen LogP contribution < -0.4 is 4.74 Å². The lowest BCUT2D eigenvalue weighted by molar-refractivity contribution is -0.137. The fraction of sp³-hybridized carbons (Fsp3) is 0.222. The number of ether oxygens (including phenoxy) is 1. The van der Waals surface area contributed by atoms with Gasteiger partial charge in [-0.1, -0.05) is 24.1 Å². The van der Waals surface area contributed by atoms with E-state index in [1.807, 2.05) is 13.8 Å². The van der Waals surface area contributed by atoms with Gasteiger partial charge < -0.3 is 4.74 Å². The van der Waals surface area contributed by atoms with Crippen LogP contribution >= 0.6 is 0 Å². The Hall–Kier alpha value is -2.41. The van der Waals surface area contributed by atoms with Gasteiger partial charge in [0, 0.05) is 11.1 Å².